The number of nitrogens with one attached hydrogen (secondary N) is 2. The average molecular weight is 811 g/mol. The molecule has 3 aromatic rings. The molecule has 318 valence electrons. The highest BCUT2D eigenvalue weighted by molar-refractivity contribution is 5.97. The Morgan fingerprint density at radius 3 is 1.60 bits per heavy atom. The maximum atomic E-state index is 14.5. The number of phenolic OH excluding ortho intramolecular Hbond substituents is 1. The second-order valence-corrected chi connectivity index (χ2v) is 14.3. The molecule has 3 rings (SSSR count). The van der Waals surface area contributed by atoms with E-state index in [1.165, 1.54) is 26.4 Å². The Kier molecular flexibility index (Phi) is 18.7. The Morgan fingerprint density at radius 1 is 0.724 bits per heavy atom. The van der Waals surface area contributed by atoms with Gasteiger partial charge in [0.25, 0.3) is 11.8 Å². The predicted octanol–water partition coefficient (Wildman–Crippen LogP) is 3.49. The molecule has 0 bridgehead atoms. The molecule has 16 heteroatoms. The van der Waals surface area contributed by atoms with Crippen LogP contribution in [0.2, 0.25) is 0 Å². The van der Waals surface area contributed by atoms with E-state index in [2.05, 4.69) is 10.6 Å². The Labute approximate surface area is 337 Å². The van der Waals surface area contributed by atoms with E-state index in [4.69, 9.17) is 34.8 Å². The molecule has 0 spiro atoms. The predicted molar refractivity (Wildman–Crippen MR) is 219 cm³/mol. The maximum Gasteiger partial charge on any atom is 0.328 e. The summed E-state index contributed by atoms with van der Waals surface area (Å²) in [4.78, 5) is 65.3. The van der Waals surface area contributed by atoms with Crippen molar-refractivity contribution < 1.29 is 52.8 Å². The molecule has 0 aliphatic rings. The zero-order valence-corrected chi connectivity index (χ0v) is 34.3. The van der Waals surface area contributed by atoms with Crippen LogP contribution in [0.5, 0.6) is 17.2 Å². The maximum absolute atomic E-state index is 14.5. The van der Waals surface area contributed by atoms with E-state index < -0.39 is 66.8 Å². The van der Waals surface area contributed by atoms with Crippen molar-refractivity contribution in [2.45, 2.75) is 97.8 Å². The lowest BCUT2D eigenvalue weighted by Crippen LogP contribution is -2.43. The fraction of sp³-hybridized carbons (Fsp3) is 0.500. The number of methoxy groups -OCH3 is 2. The van der Waals surface area contributed by atoms with Crippen LogP contribution in [0.1, 0.15) is 82.9 Å². The molecule has 2 amide bonds. The van der Waals surface area contributed by atoms with Gasteiger partial charge in [0.05, 0.1) is 26.2 Å². The number of phenols is 1. The summed E-state index contributed by atoms with van der Waals surface area (Å²) in [6, 6.07) is 0.929. The minimum Gasteiger partial charge on any atom is -0.507 e. The number of unbranched alkanes of at least 4 members (excludes halogenated alkanes) is 2. The zero-order valence-electron chi connectivity index (χ0n) is 34.3. The van der Waals surface area contributed by atoms with Gasteiger partial charge in [0.1, 0.15) is 45.9 Å². The molecule has 8 N–H and O–H groups in total. The van der Waals surface area contributed by atoms with Crippen LogP contribution in [0.3, 0.4) is 0 Å². The van der Waals surface area contributed by atoms with Crippen molar-refractivity contribution in [3.8, 4) is 17.2 Å². The van der Waals surface area contributed by atoms with Crippen molar-refractivity contribution in [2.24, 2.45) is 11.5 Å². The molecule has 1 aromatic heterocycles. The Hall–Kier alpha value is -5.45. The number of carbonyl (C=O) groups is 4. The van der Waals surface area contributed by atoms with Gasteiger partial charge >= 0.3 is 11.9 Å². The summed E-state index contributed by atoms with van der Waals surface area (Å²) in [6.45, 7) is 6.64. The number of aliphatic hydroxyl groups is 1. The first-order valence-corrected chi connectivity index (χ1v) is 19.3. The minimum absolute atomic E-state index is 0.0232. The van der Waals surface area contributed by atoms with Gasteiger partial charge in [0.15, 0.2) is 13.2 Å². The van der Waals surface area contributed by atoms with Crippen LogP contribution in [-0.4, -0.2) is 86.6 Å². The Bertz CT molecular complexity index is 2050. The molecule has 16 nitrogen and oxygen atoms in total. The van der Waals surface area contributed by atoms with Gasteiger partial charge in [-0.2, -0.15) is 0 Å². The Balaban J connectivity index is 2.14. The van der Waals surface area contributed by atoms with Gasteiger partial charge < -0.3 is 55.7 Å². The smallest absolute Gasteiger partial charge is 0.328 e. The van der Waals surface area contributed by atoms with E-state index in [0.717, 1.165) is 11.1 Å². The quantitative estimate of drug-likeness (QED) is 0.0347. The normalized spacial score (nSPS) is 12.0. The average Bonchev–Trinajstić information content (AvgIpc) is 3.19. The largest absolute Gasteiger partial charge is 0.507 e. The van der Waals surface area contributed by atoms with Crippen LogP contribution >= 0.6 is 0 Å². The lowest BCUT2D eigenvalue weighted by molar-refractivity contribution is -0.145. The lowest BCUT2D eigenvalue weighted by atomic mass is 9.95. The SMILES string of the molecule is COC(=O)[C@H](CCCCN)NC(=O)COc1cc2oc3cc(OCC(=O)N[C@@H](CCCCN)C(=O)OC)c(CO)c(CC=C(C)C)c3c(=O)c2c(O)c1CC=C(C)C. The van der Waals surface area contributed by atoms with E-state index >= 15 is 0 Å². The number of hydrogen-bond acceptors (Lipinski definition) is 14. The number of ether oxygens (including phenoxy) is 4. The van der Waals surface area contributed by atoms with Crippen LogP contribution in [0.4, 0.5) is 0 Å². The molecule has 0 saturated heterocycles. The highest BCUT2D eigenvalue weighted by Crippen LogP contribution is 2.39. The van der Waals surface area contributed by atoms with Crippen LogP contribution < -0.4 is 37.0 Å². The number of amides is 2. The van der Waals surface area contributed by atoms with Gasteiger partial charge in [-0.25, -0.2) is 9.59 Å². The van der Waals surface area contributed by atoms with Crippen LogP contribution in [0, 0.1) is 0 Å². The summed E-state index contributed by atoms with van der Waals surface area (Å²) in [7, 11) is 2.45. The van der Waals surface area contributed by atoms with Gasteiger partial charge in [-0.1, -0.05) is 23.3 Å². The first-order chi connectivity index (χ1) is 27.7. The molecule has 0 saturated carbocycles. The van der Waals surface area contributed by atoms with Crippen molar-refractivity contribution in [3.05, 3.63) is 62.3 Å². The number of rotatable bonds is 23. The molecular formula is C42H58N4O12. The first-order valence-electron chi connectivity index (χ1n) is 19.3. The molecule has 2 aromatic carbocycles. The van der Waals surface area contributed by atoms with Crippen molar-refractivity contribution in [2.75, 3.05) is 40.5 Å². The molecule has 1 heterocycles. The fourth-order valence-electron chi connectivity index (χ4n) is 6.25. The second-order valence-electron chi connectivity index (χ2n) is 14.3. The standard InChI is InChI=1S/C42H58N4O12/c1-24(2)13-15-26-28(21-47)32(57-23-36(49)46-30(42(53)55-6)12-8-10-18-44)20-33-37(26)40(51)38-34(58-33)19-31(27(39(38)50)16-14-25(3)4)56-22-35(48)45-29(41(52)54-5)11-7-9-17-43/h13-14,19-20,29-30,47,50H,7-12,15-18,21-23,43-44H2,1-6H3,(H,45,48)(H,46,49)/t29-,30-/m0/s1. The number of esters is 2. The van der Waals surface area contributed by atoms with E-state index in [1.54, 1.807) is 0 Å². The molecule has 2 atom stereocenters. The molecule has 0 radical (unpaired) electrons. The van der Waals surface area contributed by atoms with Crippen molar-refractivity contribution in [3.63, 3.8) is 0 Å². The van der Waals surface area contributed by atoms with Crippen molar-refractivity contribution in [1.82, 2.24) is 10.6 Å². The number of carbonyl (C=O) groups excluding carboxylic acids is 4. The minimum atomic E-state index is -0.924. The summed E-state index contributed by atoms with van der Waals surface area (Å²) >= 11 is 0. The zero-order chi connectivity index (χ0) is 42.9. The van der Waals surface area contributed by atoms with Gasteiger partial charge in [-0.15, -0.1) is 0 Å². The second kappa shape index (κ2) is 23.1. The van der Waals surface area contributed by atoms with Crippen LogP contribution in [0.15, 0.2) is 44.6 Å². The molecular weight excluding hydrogens is 752 g/mol. The van der Waals surface area contributed by atoms with E-state index in [1.807, 2.05) is 39.8 Å². The number of fused-ring (bicyclic) bond motifs is 2. The van der Waals surface area contributed by atoms with Gasteiger partial charge in [-0.05, 0) is 97.7 Å². The molecule has 58 heavy (non-hydrogen) atoms. The van der Waals surface area contributed by atoms with Crippen molar-refractivity contribution in [1.29, 1.82) is 0 Å². The van der Waals surface area contributed by atoms with E-state index in [9.17, 15) is 34.2 Å². The highest BCUT2D eigenvalue weighted by Gasteiger charge is 2.26. The number of benzene rings is 2. The lowest BCUT2D eigenvalue weighted by Gasteiger charge is -2.19. The molecule has 0 aliphatic heterocycles. The van der Waals surface area contributed by atoms with Gasteiger partial charge in [0.2, 0.25) is 5.43 Å². The third-order valence-electron chi connectivity index (χ3n) is 9.31. The van der Waals surface area contributed by atoms with E-state index in [0.29, 0.717) is 57.2 Å². The molecule has 0 aliphatic carbocycles. The van der Waals surface area contributed by atoms with Crippen LogP contribution in [-0.2, 0) is 48.1 Å². The number of nitrogens with two attached hydrogens (primary N) is 2. The first kappa shape index (κ1) is 46.9. The third-order valence-corrected chi connectivity index (χ3v) is 9.31. The summed E-state index contributed by atoms with van der Waals surface area (Å²) < 4.78 is 27.8. The number of hydrogen-bond donors (Lipinski definition) is 6. The molecule has 0 fully saturated rings. The van der Waals surface area contributed by atoms with Crippen LogP contribution in [0.25, 0.3) is 21.9 Å². The topological polar surface area (TPSA) is 252 Å². The van der Waals surface area contributed by atoms with Crippen molar-refractivity contribution >= 4 is 45.7 Å². The van der Waals surface area contributed by atoms with Gasteiger partial charge in [-0.3, -0.25) is 14.4 Å². The summed E-state index contributed by atoms with van der Waals surface area (Å²) in [6.07, 6.45) is 7.04. The fourth-order valence-corrected chi connectivity index (χ4v) is 6.25. The highest BCUT2D eigenvalue weighted by atomic mass is 16.5. The number of allylic oxidation sites excluding steroid dienone is 4. The number of aromatic hydroxyl groups is 1. The summed E-state index contributed by atoms with van der Waals surface area (Å²) in [5.41, 5.74) is 13.1. The Morgan fingerprint density at radius 2 is 1.17 bits per heavy atom. The van der Waals surface area contributed by atoms with E-state index in [-0.39, 0.29) is 57.4 Å². The third kappa shape index (κ3) is 12.8. The monoisotopic (exact) mass is 810 g/mol. The number of aliphatic hydroxyl groups excluding tert-OH is 1. The summed E-state index contributed by atoms with van der Waals surface area (Å²) in [5.74, 6) is -2.82. The summed E-state index contributed by atoms with van der Waals surface area (Å²) in [5, 5.41) is 27.6. The van der Waals surface area contributed by atoms with Gasteiger partial charge in [0, 0.05) is 23.3 Å². The molecule has 0 unspecified atom stereocenters.